The van der Waals surface area contributed by atoms with Gasteiger partial charge in [-0.1, -0.05) is 38.3 Å². The molecular weight excluding hydrogens is 258 g/mol. The maximum absolute atomic E-state index is 6.76. The summed E-state index contributed by atoms with van der Waals surface area (Å²) in [4.78, 5) is 2.32. The van der Waals surface area contributed by atoms with Crippen LogP contribution in [0, 0.1) is 17.3 Å². The average molecular weight is 291 g/mol. The highest BCUT2D eigenvalue weighted by Gasteiger charge is 2.48. The fourth-order valence-corrected chi connectivity index (χ4v) is 5.24. The second kappa shape index (κ2) is 6.04. The van der Waals surface area contributed by atoms with Gasteiger partial charge in [-0.15, -0.1) is 0 Å². The third-order valence-electron chi connectivity index (χ3n) is 5.84. The average Bonchev–Trinajstić information content (AvgIpc) is 2.45. The van der Waals surface area contributed by atoms with Gasteiger partial charge in [0.1, 0.15) is 0 Å². The zero-order valence-electron chi connectivity index (χ0n) is 14.4. The van der Waals surface area contributed by atoms with Gasteiger partial charge < -0.3 is 9.64 Å². The Labute approximate surface area is 130 Å². The van der Waals surface area contributed by atoms with Gasteiger partial charge in [-0.25, -0.2) is 0 Å². The second-order valence-electron chi connectivity index (χ2n) is 8.45. The lowest BCUT2D eigenvalue weighted by atomic mass is 9.64. The van der Waals surface area contributed by atoms with Gasteiger partial charge in [-0.3, -0.25) is 0 Å². The van der Waals surface area contributed by atoms with Crippen LogP contribution in [-0.4, -0.2) is 37.7 Å². The van der Waals surface area contributed by atoms with Crippen LogP contribution in [0.25, 0.3) is 0 Å². The number of ether oxygens (including phenoxy) is 1. The van der Waals surface area contributed by atoms with E-state index in [-0.39, 0.29) is 5.41 Å². The first-order chi connectivity index (χ1) is 9.99. The highest BCUT2D eigenvalue weighted by molar-refractivity contribution is 5.21. The lowest BCUT2D eigenvalue weighted by Crippen LogP contribution is -2.53. The quantitative estimate of drug-likeness (QED) is 0.720. The van der Waals surface area contributed by atoms with Crippen LogP contribution in [0.15, 0.2) is 11.6 Å². The summed E-state index contributed by atoms with van der Waals surface area (Å²) in [5.41, 5.74) is 2.02. The van der Waals surface area contributed by atoms with Gasteiger partial charge >= 0.3 is 0 Å². The molecule has 3 unspecified atom stereocenters. The number of hydrogen-bond acceptors (Lipinski definition) is 2. The molecule has 2 fully saturated rings. The molecule has 1 saturated heterocycles. The normalized spacial score (nSPS) is 36.9. The minimum atomic E-state index is 0.229. The van der Waals surface area contributed by atoms with Crippen LogP contribution in [0.1, 0.15) is 58.8 Å². The molecule has 21 heavy (non-hydrogen) atoms. The standard InChI is InChI=1S/C19H33NO/c1-19(2,13-20(3)4)18-16-11-6-5-9-14(16)15-10-7-8-12-17(15)21-18/h9,15-18H,5-8,10-13H2,1-4H3/t15?,16-,17?,18?/m1/s1. The fourth-order valence-electron chi connectivity index (χ4n) is 5.24. The highest BCUT2D eigenvalue weighted by Crippen LogP contribution is 2.50. The number of rotatable bonds is 3. The SMILES string of the molecule is CN(C)CC(C)(C)C1OC2CCCCC2C2=CCCC[C@H]21. The summed E-state index contributed by atoms with van der Waals surface area (Å²) in [5, 5.41) is 0. The minimum Gasteiger partial charge on any atom is -0.373 e. The van der Waals surface area contributed by atoms with E-state index in [9.17, 15) is 0 Å². The predicted molar refractivity (Wildman–Crippen MR) is 88.4 cm³/mol. The summed E-state index contributed by atoms with van der Waals surface area (Å²) in [6.07, 6.45) is 12.9. The van der Waals surface area contributed by atoms with Gasteiger partial charge in [0.2, 0.25) is 0 Å². The molecule has 1 aliphatic heterocycles. The summed E-state index contributed by atoms with van der Waals surface area (Å²) in [7, 11) is 4.37. The van der Waals surface area contributed by atoms with Gasteiger partial charge in [-0.2, -0.15) is 0 Å². The molecule has 0 spiro atoms. The molecular formula is C19H33NO. The molecule has 0 amide bonds. The van der Waals surface area contributed by atoms with Gasteiger partial charge in [0.25, 0.3) is 0 Å². The Morgan fingerprint density at radius 2 is 1.81 bits per heavy atom. The van der Waals surface area contributed by atoms with Crippen molar-refractivity contribution in [2.24, 2.45) is 17.3 Å². The maximum atomic E-state index is 6.76. The maximum Gasteiger partial charge on any atom is 0.0707 e. The molecule has 2 aliphatic carbocycles. The smallest absolute Gasteiger partial charge is 0.0707 e. The minimum absolute atomic E-state index is 0.229. The van der Waals surface area contributed by atoms with Crippen LogP contribution < -0.4 is 0 Å². The number of fused-ring (bicyclic) bond motifs is 3. The van der Waals surface area contributed by atoms with Crippen molar-refractivity contribution in [3.63, 3.8) is 0 Å². The Kier molecular flexibility index (Phi) is 4.47. The molecule has 4 atom stereocenters. The summed E-state index contributed by atoms with van der Waals surface area (Å²) < 4.78 is 6.76. The predicted octanol–water partition coefficient (Wildman–Crippen LogP) is 4.26. The fraction of sp³-hybridized carbons (Fsp3) is 0.895. The van der Waals surface area contributed by atoms with E-state index in [2.05, 4.69) is 38.9 Å². The molecule has 0 aromatic heterocycles. The number of hydrogen-bond donors (Lipinski definition) is 0. The summed E-state index contributed by atoms with van der Waals surface area (Å²) in [6.45, 7) is 5.93. The zero-order chi connectivity index (χ0) is 15.0. The molecule has 0 N–H and O–H groups in total. The van der Waals surface area contributed by atoms with Crippen molar-refractivity contribution in [2.75, 3.05) is 20.6 Å². The largest absolute Gasteiger partial charge is 0.373 e. The Hall–Kier alpha value is -0.340. The first-order valence-corrected chi connectivity index (χ1v) is 8.99. The Morgan fingerprint density at radius 1 is 1.10 bits per heavy atom. The van der Waals surface area contributed by atoms with Crippen LogP contribution in [0.4, 0.5) is 0 Å². The van der Waals surface area contributed by atoms with Crippen LogP contribution >= 0.6 is 0 Å². The van der Waals surface area contributed by atoms with E-state index in [1.165, 1.54) is 44.9 Å². The molecule has 1 saturated carbocycles. The Morgan fingerprint density at radius 3 is 2.57 bits per heavy atom. The van der Waals surface area contributed by atoms with E-state index in [4.69, 9.17) is 4.74 Å². The topological polar surface area (TPSA) is 12.5 Å². The third kappa shape index (κ3) is 3.07. The molecule has 0 radical (unpaired) electrons. The number of allylic oxidation sites excluding steroid dienone is 1. The molecule has 120 valence electrons. The molecule has 1 heterocycles. The van der Waals surface area contributed by atoms with Crippen molar-refractivity contribution in [3.05, 3.63) is 11.6 Å². The highest BCUT2D eigenvalue weighted by atomic mass is 16.5. The van der Waals surface area contributed by atoms with E-state index in [0.717, 1.165) is 12.5 Å². The van der Waals surface area contributed by atoms with E-state index in [0.29, 0.717) is 18.1 Å². The lowest BCUT2D eigenvalue weighted by Gasteiger charge is -2.52. The van der Waals surface area contributed by atoms with Crippen LogP contribution in [0.5, 0.6) is 0 Å². The summed E-state index contributed by atoms with van der Waals surface area (Å²) in [5.74, 6) is 1.43. The first-order valence-electron chi connectivity index (χ1n) is 8.99. The van der Waals surface area contributed by atoms with Crippen molar-refractivity contribution >= 4 is 0 Å². The van der Waals surface area contributed by atoms with E-state index in [1.807, 2.05) is 0 Å². The van der Waals surface area contributed by atoms with Crippen molar-refractivity contribution < 1.29 is 4.74 Å². The van der Waals surface area contributed by atoms with Crippen molar-refractivity contribution in [1.29, 1.82) is 0 Å². The van der Waals surface area contributed by atoms with Gasteiger partial charge in [-0.05, 0) is 46.2 Å². The number of nitrogens with zero attached hydrogens (tertiary/aromatic N) is 1. The Bertz CT molecular complexity index is 398. The van der Waals surface area contributed by atoms with Gasteiger partial charge in [0, 0.05) is 23.8 Å². The van der Waals surface area contributed by atoms with Crippen LogP contribution in [-0.2, 0) is 4.74 Å². The van der Waals surface area contributed by atoms with E-state index >= 15 is 0 Å². The molecule has 0 aromatic carbocycles. The van der Waals surface area contributed by atoms with Crippen molar-refractivity contribution in [3.8, 4) is 0 Å². The molecule has 2 heteroatoms. The van der Waals surface area contributed by atoms with Gasteiger partial charge in [0.15, 0.2) is 0 Å². The molecule has 0 bridgehead atoms. The zero-order valence-corrected chi connectivity index (χ0v) is 14.4. The molecule has 3 aliphatic rings. The summed E-state index contributed by atoms with van der Waals surface area (Å²) >= 11 is 0. The van der Waals surface area contributed by atoms with E-state index < -0.39 is 0 Å². The monoisotopic (exact) mass is 291 g/mol. The molecule has 2 nitrogen and oxygen atoms in total. The van der Waals surface area contributed by atoms with Crippen molar-refractivity contribution in [2.45, 2.75) is 71.0 Å². The molecule has 3 rings (SSSR count). The van der Waals surface area contributed by atoms with E-state index in [1.54, 1.807) is 5.57 Å². The third-order valence-corrected chi connectivity index (χ3v) is 5.84. The van der Waals surface area contributed by atoms with Crippen LogP contribution in [0.3, 0.4) is 0 Å². The summed E-state index contributed by atoms with van der Waals surface area (Å²) in [6, 6.07) is 0. The van der Waals surface area contributed by atoms with Crippen LogP contribution in [0.2, 0.25) is 0 Å². The van der Waals surface area contributed by atoms with Crippen molar-refractivity contribution in [1.82, 2.24) is 4.90 Å². The first kappa shape index (κ1) is 15.6. The second-order valence-corrected chi connectivity index (χ2v) is 8.45. The Balaban J connectivity index is 1.87. The molecule has 0 aromatic rings. The lowest BCUT2D eigenvalue weighted by molar-refractivity contribution is -0.151. The van der Waals surface area contributed by atoms with Gasteiger partial charge in [0.05, 0.1) is 12.2 Å².